The maximum absolute atomic E-state index is 11.4. The van der Waals surface area contributed by atoms with Gasteiger partial charge in [-0.1, -0.05) is 31.7 Å². The molecule has 0 N–H and O–H groups in total. The van der Waals surface area contributed by atoms with Gasteiger partial charge in [-0.25, -0.2) is 0 Å². The highest BCUT2D eigenvalue weighted by atomic mass is 31.2. The van der Waals surface area contributed by atoms with Crippen LogP contribution in [0.5, 0.6) is 11.5 Å². The Hall–Kier alpha value is -4.58. The fraction of sp³-hybridized carbons (Fsp3) is 0.393. The zero-order valence-corrected chi connectivity index (χ0v) is 24.9. The molecule has 18 nitrogen and oxygen atoms in total. The van der Waals surface area contributed by atoms with Crippen LogP contribution in [0.15, 0.2) is 48.5 Å². The number of aliphatic carboxylic acids is 5. The molecule has 0 spiro atoms. The summed E-state index contributed by atoms with van der Waals surface area (Å²) in [7, 11) is -5.23. The quantitative estimate of drug-likeness (QED) is 0.104. The normalized spacial score (nSPS) is 11.9. The van der Waals surface area contributed by atoms with Crippen LogP contribution in [0.3, 0.4) is 0 Å². The first-order valence-corrected chi connectivity index (χ1v) is 14.7. The zero-order chi connectivity index (χ0) is 34.4. The van der Waals surface area contributed by atoms with Gasteiger partial charge >= 0.3 is 0 Å². The number of rotatable bonds is 22. The van der Waals surface area contributed by atoms with Crippen molar-refractivity contribution in [3.63, 3.8) is 0 Å². The Morgan fingerprint density at radius 2 is 1.00 bits per heavy atom. The molecular formula is C28H31N3O15P-7. The first-order valence-electron chi connectivity index (χ1n) is 13.2. The second kappa shape index (κ2) is 19.2. The van der Waals surface area contributed by atoms with Crippen LogP contribution >= 0.6 is 7.82 Å². The molecule has 2 aromatic rings. The predicted octanol–water partition coefficient (Wildman–Crippen LogP) is -7.40. The molecular weight excluding hydrogens is 649 g/mol. The van der Waals surface area contributed by atoms with Crippen LogP contribution in [0, 0.1) is 0 Å². The summed E-state index contributed by atoms with van der Waals surface area (Å²) in [5.41, 5.74) is 1.22. The minimum Gasteiger partial charge on any atom is -0.780 e. The number of hydrogen-bond donors (Lipinski definition) is 0. The van der Waals surface area contributed by atoms with E-state index in [1.54, 1.807) is 12.1 Å². The van der Waals surface area contributed by atoms with E-state index in [9.17, 15) is 63.9 Å². The van der Waals surface area contributed by atoms with E-state index >= 15 is 0 Å². The number of carbonyl (C=O) groups excluding carboxylic acids is 5. The first-order chi connectivity index (χ1) is 21.5. The molecule has 0 saturated carbocycles. The molecule has 19 heteroatoms. The van der Waals surface area contributed by atoms with Gasteiger partial charge < -0.3 is 73.1 Å². The van der Waals surface area contributed by atoms with Crippen LogP contribution in [-0.2, 0) is 28.5 Å². The van der Waals surface area contributed by atoms with Crippen LogP contribution in [0.4, 0.5) is 0 Å². The van der Waals surface area contributed by atoms with Gasteiger partial charge in [-0.15, -0.1) is 0 Å². The highest BCUT2D eigenvalue weighted by molar-refractivity contribution is 7.43. The van der Waals surface area contributed by atoms with Crippen LogP contribution in [0.25, 0.3) is 11.1 Å². The molecule has 0 radical (unpaired) electrons. The van der Waals surface area contributed by atoms with Crippen molar-refractivity contribution in [1.29, 1.82) is 0 Å². The van der Waals surface area contributed by atoms with Crippen LogP contribution in [0.2, 0.25) is 0 Å². The second-order valence-electron chi connectivity index (χ2n) is 9.76. The average Bonchev–Trinajstić information content (AvgIpc) is 2.92. The van der Waals surface area contributed by atoms with Crippen LogP contribution < -0.4 is 44.6 Å². The van der Waals surface area contributed by atoms with Gasteiger partial charge in [0.1, 0.15) is 25.9 Å². The van der Waals surface area contributed by atoms with Crippen molar-refractivity contribution in [3.8, 4) is 22.6 Å². The van der Waals surface area contributed by atoms with E-state index in [0.717, 1.165) is 14.7 Å². The number of carboxylic acid groups (broad SMARTS) is 5. The molecule has 0 aliphatic carbocycles. The Kier molecular flexibility index (Phi) is 16.5. The molecule has 47 heavy (non-hydrogen) atoms. The predicted molar refractivity (Wildman–Crippen MR) is 146 cm³/mol. The van der Waals surface area contributed by atoms with Gasteiger partial charge in [0.25, 0.3) is 0 Å². The third-order valence-electron chi connectivity index (χ3n) is 6.14. The molecule has 0 heterocycles. The Labute approximate surface area is 269 Å². The summed E-state index contributed by atoms with van der Waals surface area (Å²) < 4.78 is 20.8. The summed E-state index contributed by atoms with van der Waals surface area (Å²) in [5.74, 6) is -8.11. The van der Waals surface area contributed by atoms with Crippen molar-refractivity contribution >= 4 is 37.7 Å². The van der Waals surface area contributed by atoms with E-state index in [-0.39, 0.29) is 38.6 Å². The molecule has 0 amide bonds. The van der Waals surface area contributed by atoms with Crippen LogP contribution in [-0.4, -0.2) is 110 Å². The van der Waals surface area contributed by atoms with E-state index in [1.165, 1.54) is 36.4 Å². The van der Waals surface area contributed by atoms with Crippen molar-refractivity contribution in [2.75, 3.05) is 59.0 Å². The second-order valence-corrected chi connectivity index (χ2v) is 10.8. The summed E-state index contributed by atoms with van der Waals surface area (Å²) in [5, 5.41) is 56.3. The van der Waals surface area contributed by atoms with Crippen molar-refractivity contribution in [3.05, 3.63) is 48.5 Å². The van der Waals surface area contributed by atoms with Gasteiger partial charge in [-0.05, 0) is 35.4 Å². The van der Waals surface area contributed by atoms with Crippen molar-refractivity contribution < 1.29 is 73.1 Å². The molecule has 0 unspecified atom stereocenters. The van der Waals surface area contributed by atoms with Gasteiger partial charge in [0.2, 0.25) is 0 Å². The summed E-state index contributed by atoms with van der Waals surface area (Å²) in [6.07, 6.45) is 0. The lowest BCUT2D eigenvalue weighted by Crippen LogP contribution is -2.56. The maximum Gasteiger partial charge on any atom is 0.124 e. The summed E-state index contributed by atoms with van der Waals surface area (Å²) in [6, 6.07) is 10.6. The standard InChI is InChI=1S/C27H34N3O15P.CH4/c31-23(32)12-28(9-10-29(13-24(33)34)14-25(35)36)11-20(30(15-26(37)38)16-27(39)40)17-44-21-5-1-18(2-6-21)19-3-7-22(8-4-19)45-46(41,42)43;/h1-8,20H,9-17H2,(H,31,32)(H,33,34)(H,35,36)(H,37,38)(H,39,40)(H2,41,42,43);1H4/p-7/t20-;/m1./s1. The molecule has 0 saturated heterocycles. The Balaban J connectivity index is 0.0000110. The van der Waals surface area contributed by atoms with Crippen molar-refractivity contribution in [1.82, 2.24) is 14.7 Å². The number of carboxylic acids is 5. The number of phosphoric ester groups is 1. The number of ether oxygens (including phenoxy) is 1. The van der Waals surface area contributed by atoms with Gasteiger partial charge in [-0.3, -0.25) is 14.7 Å². The third kappa shape index (κ3) is 16.5. The number of nitrogens with zero attached hydrogens (tertiary/aromatic N) is 3. The Morgan fingerprint density at radius 1 is 0.617 bits per heavy atom. The summed E-state index contributed by atoms with van der Waals surface area (Å²) in [6.45, 7) is -5.64. The van der Waals surface area contributed by atoms with Crippen molar-refractivity contribution in [2.45, 2.75) is 13.5 Å². The smallest absolute Gasteiger partial charge is 0.124 e. The minimum absolute atomic E-state index is 0. The average molecular weight is 681 g/mol. The van der Waals surface area contributed by atoms with E-state index in [4.69, 9.17) is 4.74 Å². The molecule has 2 aromatic carbocycles. The van der Waals surface area contributed by atoms with E-state index < -0.39 is 83.0 Å². The molecule has 0 fully saturated rings. The third-order valence-corrected chi connectivity index (χ3v) is 6.58. The topological polar surface area (TPSA) is 292 Å². The molecule has 260 valence electrons. The minimum atomic E-state index is -5.23. The van der Waals surface area contributed by atoms with Gasteiger partial charge in [0.15, 0.2) is 0 Å². The maximum atomic E-state index is 11.4. The van der Waals surface area contributed by atoms with Gasteiger partial charge in [0, 0.05) is 52.4 Å². The van der Waals surface area contributed by atoms with Gasteiger partial charge in [0.05, 0.1) is 35.9 Å². The Morgan fingerprint density at radius 3 is 1.40 bits per heavy atom. The van der Waals surface area contributed by atoms with E-state index in [0.29, 0.717) is 11.1 Å². The number of hydrogen-bond acceptors (Lipinski definition) is 18. The monoisotopic (exact) mass is 680 g/mol. The van der Waals surface area contributed by atoms with E-state index in [2.05, 4.69) is 4.52 Å². The highest BCUT2D eigenvalue weighted by Gasteiger charge is 2.24. The lowest BCUT2D eigenvalue weighted by Gasteiger charge is -2.36. The number of phosphoric acid groups is 1. The van der Waals surface area contributed by atoms with Crippen molar-refractivity contribution in [2.24, 2.45) is 0 Å². The molecule has 0 aliphatic rings. The first kappa shape index (κ1) is 40.4. The number of carbonyl (C=O) groups is 5. The van der Waals surface area contributed by atoms with E-state index in [1.807, 2.05) is 0 Å². The fourth-order valence-corrected chi connectivity index (χ4v) is 4.65. The molecule has 2 rings (SSSR count). The van der Waals surface area contributed by atoms with Gasteiger partial charge in [-0.2, -0.15) is 0 Å². The molecule has 0 bridgehead atoms. The summed E-state index contributed by atoms with van der Waals surface area (Å²) in [4.78, 5) is 80.8. The molecule has 0 aromatic heterocycles. The Bertz CT molecular complexity index is 1370. The van der Waals surface area contributed by atoms with Crippen LogP contribution in [0.1, 0.15) is 7.43 Å². The summed E-state index contributed by atoms with van der Waals surface area (Å²) >= 11 is 0. The zero-order valence-electron chi connectivity index (χ0n) is 24.0. The lowest BCUT2D eigenvalue weighted by molar-refractivity contribution is -0.334. The molecule has 0 aliphatic heterocycles. The largest absolute Gasteiger partial charge is 0.780 e. The SMILES string of the molecule is C.O=C([O-])CN(CCN(CC(=O)[O-])C[C@H](COc1ccc(-c2ccc(OP(=O)([O-])[O-])cc2)cc1)N(CC(=O)[O-])CC(=O)[O-])CC(=O)[O-]. The lowest BCUT2D eigenvalue weighted by atomic mass is 10.1. The highest BCUT2D eigenvalue weighted by Crippen LogP contribution is 2.31. The fourth-order valence-electron chi connectivity index (χ4n) is 4.27. The molecule has 1 atom stereocenters. The number of benzene rings is 2.